The maximum Gasteiger partial charge on any atom is 0.291 e. The number of nitrogens with one attached hydrogen (secondary N) is 2. The van der Waals surface area contributed by atoms with E-state index in [9.17, 15) is 4.79 Å². The Bertz CT molecular complexity index is 1020. The molecule has 9 nitrogen and oxygen atoms in total. The third-order valence-electron chi connectivity index (χ3n) is 5.01. The minimum atomic E-state index is -0.272. The fourth-order valence-corrected chi connectivity index (χ4v) is 3.45. The van der Waals surface area contributed by atoms with Crippen LogP contribution in [-0.2, 0) is 6.54 Å². The molecule has 0 radical (unpaired) electrons. The summed E-state index contributed by atoms with van der Waals surface area (Å²) in [5.74, 6) is 1.62. The zero-order valence-electron chi connectivity index (χ0n) is 17.8. The number of nitrogens with zero attached hydrogens (tertiary/aromatic N) is 5. The van der Waals surface area contributed by atoms with Crippen molar-refractivity contribution < 1.29 is 9.21 Å². The zero-order valence-corrected chi connectivity index (χ0v) is 20.1. The van der Waals surface area contributed by atoms with Crippen molar-refractivity contribution in [2.75, 3.05) is 43.4 Å². The van der Waals surface area contributed by atoms with Crippen LogP contribution in [0.4, 0.5) is 11.6 Å². The lowest BCUT2D eigenvalue weighted by atomic mass is 10.2. The van der Waals surface area contributed by atoms with Crippen LogP contribution in [0, 0.1) is 0 Å². The SMILES string of the molecule is CN=C(NCc1cccc(NC(=O)c2ccco2)c1)N1CCN(c2ncccn2)CC1.I. The average Bonchev–Trinajstić information content (AvgIpc) is 3.36. The Morgan fingerprint density at radius 1 is 1.09 bits per heavy atom. The van der Waals surface area contributed by atoms with Gasteiger partial charge in [-0.15, -0.1) is 24.0 Å². The molecule has 4 rings (SSSR count). The number of hydrogen-bond acceptors (Lipinski definition) is 6. The average molecular weight is 547 g/mol. The van der Waals surface area contributed by atoms with Gasteiger partial charge in [0.1, 0.15) is 0 Å². The number of aromatic nitrogens is 2. The summed E-state index contributed by atoms with van der Waals surface area (Å²) >= 11 is 0. The van der Waals surface area contributed by atoms with Crippen molar-refractivity contribution in [2.45, 2.75) is 6.54 Å². The molecule has 168 valence electrons. The van der Waals surface area contributed by atoms with Crippen molar-refractivity contribution >= 4 is 47.5 Å². The molecule has 0 atom stereocenters. The molecule has 32 heavy (non-hydrogen) atoms. The molecule has 3 aromatic rings. The van der Waals surface area contributed by atoms with Crippen LogP contribution in [0.2, 0.25) is 0 Å². The third kappa shape index (κ3) is 5.96. The number of hydrogen-bond donors (Lipinski definition) is 2. The maximum absolute atomic E-state index is 12.2. The molecule has 1 aliphatic heterocycles. The van der Waals surface area contributed by atoms with Gasteiger partial charge in [-0.3, -0.25) is 9.79 Å². The minimum Gasteiger partial charge on any atom is -0.459 e. The van der Waals surface area contributed by atoms with Crippen molar-refractivity contribution in [3.63, 3.8) is 0 Å². The summed E-state index contributed by atoms with van der Waals surface area (Å²) in [5.41, 5.74) is 1.75. The van der Waals surface area contributed by atoms with Crippen LogP contribution >= 0.6 is 24.0 Å². The monoisotopic (exact) mass is 547 g/mol. The maximum atomic E-state index is 12.2. The van der Waals surface area contributed by atoms with Gasteiger partial charge in [-0.2, -0.15) is 0 Å². The summed E-state index contributed by atoms with van der Waals surface area (Å²) < 4.78 is 5.14. The number of carbonyl (C=O) groups is 1. The summed E-state index contributed by atoms with van der Waals surface area (Å²) in [5, 5.41) is 6.26. The topological polar surface area (TPSA) is 98.9 Å². The molecule has 10 heteroatoms. The number of aliphatic imine (C=N–C) groups is 1. The molecule has 1 amide bonds. The largest absolute Gasteiger partial charge is 0.459 e. The predicted octanol–water partition coefficient (Wildman–Crippen LogP) is 2.84. The first kappa shape index (κ1) is 23.5. The molecule has 0 bridgehead atoms. The molecule has 3 heterocycles. The van der Waals surface area contributed by atoms with E-state index in [0.717, 1.165) is 43.7 Å². The fraction of sp³-hybridized carbons (Fsp3) is 0.273. The standard InChI is InChI=1S/C22H25N7O2.HI/c1-23-21(28-10-12-29(13-11-28)22-24-8-4-9-25-22)26-16-17-5-2-6-18(15-17)27-20(30)19-7-3-14-31-19;/h2-9,14-15H,10-13,16H2,1H3,(H,23,26)(H,27,30);1H. The Morgan fingerprint density at radius 3 is 2.56 bits per heavy atom. The number of furan rings is 1. The van der Waals surface area contributed by atoms with Gasteiger partial charge in [0.2, 0.25) is 5.95 Å². The molecule has 0 unspecified atom stereocenters. The smallest absolute Gasteiger partial charge is 0.291 e. The van der Waals surface area contributed by atoms with Crippen molar-refractivity contribution in [3.8, 4) is 0 Å². The van der Waals surface area contributed by atoms with Gasteiger partial charge in [0.05, 0.1) is 6.26 Å². The first-order valence-electron chi connectivity index (χ1n) is 10.1. The Labute approximate surface area is 204 Å². The minimum absolute atomic E-state index is 0. The number of carbonyl (C=O) groups excluding carboxylic acids is 1. The predicted molar refractivity (Wildman–Crippen MR) is 135 cm³/mol. The van der Waals surface area contributed by atoms with E-state index in [4.69, 9.17) is 4.42 Å². The molecule has 2 aromatic heterocycles. The highest BCUT2D eigenvalue weighted by Crippen LogP contribution is 2.14. The highest BCUT2D eigenvalue weighted by Gasteiger charge is 2.21. The van der Waals surface area contributed by atoms with Crippen LogP contribution in [0.15, 0.2) is 70.5 Å². The van der Waals surface area contributed by atoms with Crippen LogP contribution in [0.5, 0.6) is 0 Å². The van der Waals surface area contributed by atoms with E-state index < -0.39 is 0 Å². The number of piperazine rings is 1. The highest BCUT2D eigenvalue weighted by molar-refractivity contribution is 14.0. The first-order chi connectivity index (χ1) is 15.2. The number of anilines is 2. The second kappa shape index (κ2) is 11.5. The summed E-state index contributed by atoms with van der Waals surface area (Å²) in [7, 11) is 1.79. The summed E-state index contributed by atoms with van der Waals surface area (Å²) in [6.07, 6.45) is 5.01. The molecule has 0 spiro atoms. The van der Waals surface area contributed by atoms with Crippen molar-refractivity contribution in [3.05, 3.63) is 72.4 Å². The molecule has 1 aliphatic rings. The Kier molecular flexibility index (Phi) is 8.42. The molecule has 1 fully saturated rings. The van der Waals surface area contributed by atoms with E-state index in [1.165, 1.54) is 6.26 Å². The molecular weight excluding hydrogens is 521 g/mol. The molecule has 2 N–H and O–H groups in total. The molecular formula is C22H26IN7O2. The fourth-order valence-electron chi connectivity index (χ4n) is 3.45. The van der Waals surface area contributed by atoms with E-state index in [0.29, 0.717) is 12.2 Å². The van der Waals surface area contributed by atoms with Gasteiger partial charge in [-0.1, -0.05) is 12.1 Å². The Morgan fingerprint density at radius 2 is 1.88 bits per heavy atom. The first-order valence-corrected chi connectivity index (χ1v) is 10.1. The molecule has 1 saturated heterocycles. The normalized spacial score (nSPS) is 14.0. The number of amides is 1. The quantitative estimate of drug-likeness (QED) is 0.288. The van der Waals surface area contributed by atoms with Gasteiger partial charge in [0.25, 0.3) is 5.91 Å². The number of halogens is 1. The van der Waals surface area contributed by atoms with Crippen molar-refractivity contribution in [2.24, 2.45) is 4.99 Å². The van der Waals surface area contributed by atoms with E-state index in [2.05, 4.69) is 35.4 Å². The van der Waals surface area contributed by atoms with Crippen LogP contribution in [0.3, 0.4) is 0 Å². The van der Waals surface area contributed by atoms with Gasteiger partial charge >= 0.3 is 0 Å². The van der Waals surface area contributed by atoms with Gasteiger partial charge in [0, 0.05) is 57.9 Å². The van der Waals surface area contributed by atoms with Gasteiger partial charge in [-0.05, 0) is 35.9 Å². The lowest BCUT2D eigenvalue weighted by molar-refractivity contribution is 0.0996. The molecule has 0 saturated carbocycles. The van der Waals surface area contributed by atoms with Crippen LogP contribution in [0.25, 0.3) is 0 Å². The summed E-state index contributed by atoms with van der Waals surface area (Å²) in [4.78, 5) is 29.7. The summed E-state index contributed by atoms with van der Waals surface area (Å²) in [6.45, 7) is 3.92. The van der Waals surface area contributed by atoms with E-state index >= 15 is 0 Å². The lowest BCUT2D eigenvalue weighted by Crippen LogP contribution is -2.52. The second-order valence-corrected chi connectivity index (χ2v) is 7.06. The van der Waals surface area contributed by atoms with Gasteiger partial charge < -0.3 is 24.9 Å². The summed E-state index contributed by atoms with van der Waals surface area (Å²) in [6, 6.07) is 12.9. The lowest BCUT2D eigenvalue weighted by Gasteiger charge is -2.36. The van der Waals surface area contributed by atoms with Crippen LogP contribution in [0.1, 0.15) is 16.1 Å². The van der Waals surface area contributed by atoms with E-state index in [1.807, 2.05) is 30.3 Å². The molecule has 1 aromatic carbocycles. The Hall–Kier alpha value is -3.15. The third-order valence-corrected chi connectivity index (χ3v) is 5.01. The number of benzene rings is 1. The van der Waals surface area contributed by atoms with E-state index in [-0.39, 0.29) is 35.6 Å². The van der Waals surface area contributed by atoms with E-state index in [1.54, 1.807) is 31.6 Å². The zero-order chi connectivity index (χ0) is 21.5. The van der Waals surface area contributed by atoms with Gasteiger partial charge in [-0.25, -0.2) is 9.97 Å². The Balaban J connectivity index is 0.00000289. The number of guanidine groups is 1. The van der Waals surface area contributed by atoms with Crippen molar-refractivity contribution in [1.82, 2.24) is 20.2 Å². The molecule has 0 aliphatic carbocycles. The van der Waals surface area contributed by atoms with Gasteiger partial charge in [0.15, 0.2) is 11.7 Å². The second-order valence-electron chi connectivity index (χ2n) is 7.06. The van der Waals surface area contributed by atoms with Crippen molar-refractivity contribution in [1.29, 1.82) is 0 Å². The van der Waals surface area contributed by atoms with Crippen LogP contribution in [-0.4, -0.2) is 60.0 Å². The highest BCUT2D eigenvalue weighted by atomic mass is 127. The number of rotatable bonds is 5. The van der Waals surface area contributed by atoms with Crippen LogP contribution < -0.4 is 15.5 Å².